The van der Waals surface area contributed by atoms with Crippen LogP contribution < -0.4 is 0 Å². The molecule has 0 atom stereocenters. The first-order valence-corrected chi connectivity index (χ1v) is 8.24. The topological polar surface area (TPSA) is 20.3 Å². The van der Waals surface area contributed by atoms with Gasteiger partial charge in [0.2, 0.25) is 5.91 Å². The summed E-state index contributed by atoms with van der Waals surface area (Å²) in [5.74, 6) is 0.0286. The minimum absolute atomic E-state index is 0.0363. The molecule has 0 spiro atoms. The van der Waals surface area contributed by atoms with Crippen molar-refractivity contribution in [1.29, 1.82) is 0 Å². The number of thioether (sulfide) groups is 1. The molecule has 20 heavy (non-hydrogen) atoms. The maximum absolute atomic E-state index is 13.5. The third kappa shape index (κ3) is 4.08. The fraction of sp³-hybridized carbons (Fsp3) is 0.267. The highest BCUT2D eigenvalue weighted by Crippen LogP contribution is 2.22. The number of nitrogens with zero attached hydrogens (tertiary/aromatic N) is 1. The van der Waals surface area contributed by atoms with Crippen molar-refractivity contribution < 1.29 is 9.18 Å². The monoisotopic (exact) mass is 309 g/mol. The molecular formula is C15H16FNOS2. The number of benzene rings is 1. The van der Waals surface area contributed by atoms with Crippen LogP contribution in [0.1, 0.15) is 11.8 Å². The quantitative estimate of drug-likeness (QED) is 0.751. The highest BCUT2D eigenvalue weighted by atomic mass is 32.2. The number of hydrogen-bond donors (Lipinski definition) is 0. The lowest BCUT2D eigenvalue weighted by molar-refractivity contribution is -0.128. The highest BCUT2D eigenvalue weighted by molar-refractivity contribution is 8.00. The van der Waals surface area contributed by atoms with Crippen molar-refractivity contribution in [1.82, 2.24) is 4.90 Å². The van der Waals surface area contributed by atoms with Crippen molar-refractivity contribution in [2.24, 2.45) is 0 Å². The Morgan fingerprint density at radius 1 is 1.30 bits per heavy atom. The van der Waals surface area contributed by atoms with Gasteiger partial charge in [-0.25, -0.2) is 4.39 Å². The van der Waals surface area contributed by atoms with Gasteiger partial charge in [0.05, 0.1) is 12.3 Å². The molecule has 0 aliphatic carbocycles. The molecule has 0 aliphatic heterocycles. The maximum atomic E-state index is 13.5. The van der Waals surface area contributed by atoms with Crippen molar-refractivity contribution in [3.8, 4) is 0 Å². The number of rotatable bonds is 6. The Morgan fingerprint density at radius 2 is 2.10 bits per heavy atom. The summed E-state index contributed by atoms with van der Waals surface area (Å²) < 4.78 is 13.5. The Morgan fingerprint density at radius 3 is 2.75 bits per heavy atom. The Labute approximate surface area is 126 Å². The normalized spacial score (nSPS) is 10.5. The SMILES string of the molecule is CCN(Cc1cccs1)C(=O)CSc1ccccc1F. The standard InChI is InChI=1S/C15H16FNOS2/c1-2-17(10-12-6-5-9-19-12)15(18)11-20-14-8-4-3-7-13(14)16/h3-9H,2,10-11H2,1H3. The number of thiophene rings is 1. The molecule has 0 aliphatic rings. The molecule has 5 heteroatoms. The zero-order chi connectivity index (χ0) is 14.4. The molecule has 1 aromatic carbocycles. The highest BCUT2D eigenvalue weighted by Gasteiger charge is 2.14. The van der Waals surface area contributed by atoms with Crippen molar-refractivity contribution in [3.63, 3.8) is 0 Å². The molecule has 0 radical (unpaired) electrons. The molecule has 0 saturated carbocycles. The second-order valence-corrected chi connectivity index (χ2v) is 6.26. The maximum Gasteiger partial charge on any atom is 0.233 e. The molecular weight excluding hydrogens is 293 g/mol. The van der Waals surface area contributed by atoms with Gasteiger partial charge in [0.25, 0.3) is 0 Å². The third-order valence-corrected chi connectivity index (χ3v) is 4.74. The summed E-state index contributed by atoms with van der Waals surface area (Å²) in [4.78, 5) is 15.6. The van der Waals surface area contributed by atoms with E-state index in [0.717, 1.165) is 4.88 Å². The smallest absolute Gasteiger partial charge is 0.233 e. The summed E-state index contributed by atoms with van der Waals surface area (Å²) in [6.07, 6.45) is 0. The molecule has 0 fully saturated rings. The second-order valence-electron chi connectivity index (χ2n) is 4.21. The molecule has 2 aromatic rings. The van der Waals surface area contributed by atoms with Crippen LogP contribution >= 0.6 is 23.1 Å². The first kappa shape index (κ1) is 15.1. The number of carbonyl (C=O) groups excluding carboxylic acids is 1. The van der Waals surface area contributed by atoms with Gasteiger partial charge in [0.15, 0.2) is 0 Å². The Hall–Kier alpha value is -1.33. The van der Waals surface area contributed by atoms with Gasteiger partial charge in [-0.3, -0.25) is 4.79 Å². The van der Waals surface area contributed by atoms with E-state index in [2.05, 4.69) is 0 Å². The van der Waals surface area contributed by atoms with Crippen LogP contribution in [0.5, 0.6) is 0 Å². The molecule has 0 bridgehead atoms. The van der Waals surface area contributed by atoms with Crippen LogP contribution in [-0.4, -0.2) is 23.1 Å². The molecule has 0 saturated heterocycles. The van der Waals surface area contributed by atoms with Crippen LogP contribution in [0.2, 0.25) is 0 Å². The van der Waals surface area contributed by atoms with Crippen LogP contribution in [0, 0.1) is 5.82 Å². The van der Waals surface area contributed by atoms with Gasteiger partial charge in [-0.05, 0) is 30.5 Å². The molecule has 2 rings (SSSR count). The molecule has 0 unspecified atom stereocenters. The second kappa shape index (κ2) is 7.45. The molecule has 1 amide bonds. The van der Waals surface area contributed by atoms with Crippen LogP contribution in [0.4, 0.5) is 4.39 Å². The van der Waals surface area contributed by atoms with Gasteiger partial charge in [-0.1, -0.05) is 18.2 Å². The Kier molecular flexibility index (Phi) is 5.61. The lowest BCUT2D eigenvalue weighted by Gasteiger charge is -2.20. The third-order valence-electron chi connectivity index (χ3n) is 2.85. The van der Waals surface area contributed by atoms with Crippen LogP contribution in [0.3, 0.4) is 0 Å². The minimum Gasteiger partial charge on any atom is -0.337 e. The van der Waals surface area contributed by atoms with E-state index in [1.807, 2.05) is 24.4 Å². The van der Waals surface area contributed by atoms with Crippen molar-refractivity contribution >= 4 is 29.0 Å². The van der Waals surface area contributed by atoms with E-state index in [0.29, 0.717) is 18.0 Å². The summed E-state index contributed by atoms with van der Waals surface area (Å²) in [6, 6.07) is 10.5. The lowest BCUT2D eigenvalue weighted by atomic mass is 10.3. The zero-order valence-electron chi connectivity index (χ0n) is 11.2. The fourth-order valence-electron chi connectivity index (χ4n) is 1.76. The van der Waals surface area contributed by atoms with Crippen LogP contribution in [-0.2, 0) is 11.3 Å². The van der Waals surface area contributed by atoms with Gasteiger partial charge < -0.3 is 4.90 Å². The summed E-state index contributed by atoms with van der Waals surface area (Å²) in [6.45, 7) is 3.25. The van der Waals surface area contributed by atoms with E-state index in [1.54, 1.807) is 34.4 Å². The summed E-state index contributed by atoms with van der Waals surface area (Å²) in [5, 5.41) is 2.00. The van der Waals surface area contributed by atoms with E-state index in [4.69, 9.17) is 0 Å². The van der Waals surface area contributed by atoms with E-state index < -0.39 is 0 Å². The zero-order valence-corrected chi connectivity index (χ0v) is 12.8. The van der Waals surface area contributed by atoms with Gasteiger partial charge in [-0.15, -0.1) is 23.1 Å². The van der Waals surface area contributed by atoms with E-state index in [-0.39, 0.29) is 17.5 Å². The van der Waals surface area contributed by atoms with Gasteiger partial charge in [0.1, 0.15) is 5.82 Å². The average Bonchev–Trinajstić information content (AvgIpc) is 2.96. The average molecular weight is 309 g/mol. The number of carbonyl (C=O) groups is 1. The summed E-state index contributed by atoms with van der Waals surface area (Å²) in [7, 11) is 0. The molecule has 1 heterocycles. The van der Waals surface area contributed by atoms with Crippen LogP contribution in [0.15, 0.2) is 46.7 Å². The number of halogens is 1. The molecule has 0 N–H and O–H groups in total. The van der Waals surface area contributed by atoms with Crippen molar-refractivity contribution in [3.05, 3.63) is 52.5 Å². The molecule has 1 aromatic heterocycles. The number of amides is 1. The van der Waals surface area contributed by atoms with Gasteiger partial charge in [-0.2, -0.15) is 0 Å². The summed E-state index contributed by atoms with van der Waals surface area (Å²) >= 11 is 2.89. The number of hydrogen-bond acceptors (Lipinski definition) is 3. The predicted octanol–water partition coefficient (Wildman–Crippen LogP) is 4.03. The van der Waals surface area contributed by atoms with E-state index in [9.17, 15) is 9.18 Å². The molecule has 106 valence electrons. The van der Waals surface area contributed by atoms with Crippen molar-refractivity contribution in [2.45, 2.75) is 18.4 Å². The predicted molar refractivity (Wildman–Crippen MR) is 82.5 cm³/mol. The van der Waals surface area contributed by atoms with E-state index in [1.165, 1.54) is 17.8 Å². The first-order chi connectivity index (χ1) is 9.70. The lowest BCUT2D eigenvalue weighted by Crippen LogP contribution is -2.31. The van der Waals surface area contributed by atoms with E-state index >= 15 is 0 Å². The first-order valence-electron chi connectivity index (χ1n) is 6.38. The molecule has 2 nitrogen and oxygen atoms in total. The van der Waals surface area contributed by atoms with Gasteiger partial charge >= 0.3 is 0 Å². The fourth-order valence-corrected chi connectivity index (χ4v) is 3.32. The van der Waals surface area contributed by atoms with Crippen molar-refractivity contribution in [2.75, 3.05) is 12.3 Å². The minimum atomic E-state index is -0.272. The Balaban J connectivity index is 1.91. The van der Waals surface area contributed by atoms with Crippen LogP contribution in [0.25, 0.3) is 0 Å². The Bertz CT molecular complexity index is 557. The largest absolute Gasteiger partial charge is 0.337 e. The van der Waals surface area contributed by atoms with Gasteiger partial charge in [0, 0.05) is 16.3 Å². The summed E-state index contributed by atoms with van der Waals surface area (Å²) in [5.41, 5.74) is 0.